The third-order valence-electron chi connectivity index (χ3n) is 2.46. The van der Waals surface area contributed by atoms with Crippen LogP contribution in [0.15, 0.2) is 24.4 Å². The second kappa shape index (κ2) is 5.89. The molecular formula is C14H16ClN3O. The van der Waals surface area contributed by atoms with Crippen LogP contribution >= 0.6 is 11.6 Å². The molecule has 0 spiro atoms. The topological polar surface area (TPSA) is 47.0 Å². The number of halogens is 1. The fourth-order valence-corrected chi connectivity index (χ4v) is 1.90. The van der Waals surface area contributed by atoms with Gasteiger partial charge in [-0.05, 0) is 44.0 Å². The van der Waals surface area contributed by atoms with Crippen molar-refractivity contribution in [1.29, 1.82) is 0 Å². The van der Waals surface area contributed by atoms with Crippen LogP contribution in [0.1, 0.15) is 18.1 Å². The van der Waals surface area contributed by atoms with Crippen LogP contribution in [0.25, 0.3) is 0 Å². The molecule has 2 rings (SSSR count). The Hall–Kier alpha value is -1.81. The Morgan fingerprint density at radius 1 is 1.21 bits per heavy atom. The summed E-state index contributed by atoms with van der Waals surface area (Å²) in [5.41, 5.74) is 2.26. The molecule has 0 saturated heterocycles. The van der Waals surface area contributed by atoms with Crippen molar-refractivity contribution in [2.45, 2.75) is 20.8 Å². The first kappa shape index (κ1) is 13.6. The van der Waals surface area contributed by atoms with Crippen LogP contribution in [0.3, 0.4) is 0 Å². The van der Waals surface area contributed by atoms with Crippen molar-refractivity contribution < 1.29 is 4.74 Å². The van der Waals surface area contributed by atoms with Gasteiger partial charge in [-0.3, -0.25) is 0 Å². The maximum Gasteiger partial charge on any atom is 0.243 e. The molecule has 0 fully saturated rings. The molecule has 0 amide bonds. The Morgan fingerprint density at radius 2 is 1.89 bits per heavy atom. The average molecular weight is 278 g/mol. The van der Waals surface area contributed by atoms with E-state index in [0.29, 0.717) is 16.9 Å². The van der Waals surface area contributed by atoms with Gasteiger partial charge in [0.15, 0.2) is 0 Å². The molecule has 1 heterocycles. The Morgan fingerprint density at radius 3 is 2.53 bits per heavy atom. The van der Waals surface area contributed by atoms with Gasteiger partial charge < -0.3 is 10.1 Å². The second-order valence-corrected chi connectivity index (χ2v) is 4.71. The van der Waals surface area contributed by atoms with Crippen molar-refractivity contribution in [1.82, 2.24) is 9.97 Å². The number of hydrogen-bond acceptors (Lipinski definition) is 4. The van der Waals surface area contributed by atoms with Gasteiger partial charge in [-0.25, -0.2) is 4.98 Å². The van der Waals surface area contributed by atoms with Crippen LogP contribution in [-0.4, -0.2) is 16.5 Å². The summed E-state index contributed by atoms with van der Waals surface area (Å²) >= 11 is 6.05. The summed E-state index contributed by atoms with van der Waals surface area (Å²) in [7, 11) is 0. The van der Waals surface area contributed by atoms with Crippen molar-refractivity contribution in [2.75, 3.05) is 11.9 Å². The van der Waals surface area contributed by atoms with E-state index in [1.54, 1.807) is 0 Å². The highest BCUT2D eigenvalue weighted by Crippen LogP contribution is 2.28. The molecule has 0 radical (unpaired) electrons. The highest BCUT2D eigenvalue weighted by molar-refractivity contribution is 6.31. The number of nitrogens with one attached hydrogen (secondary N) is 1. The van der Waals surface area contributed by atoms with Crippen LogP contribution in [0, 0.1) is 13.8 Å². The lowest BCUT2D eigenvalue weighted by molar-refractivity contribution is 0.462. The van der Waals surface area contributed by atoms with Gasteiger partial charge in [0, 0.05) is 6.54 Å². The van der Waals surface area contributed by atoms with E-state index in [2.05, 4.69) is 21.4 Å². The second-order valence-electron chi connectivity index (χ2n) is 4.30. The summed E-state index contributed by atoms with van der Waals surface area (Å²) in [5, 5.41) is 3.41. The van der Waals surface area contributed by atoms with Gasteiger partial charge in [0.2, 0.25) is 11.8 Å². The normalized spacial score (nSPS) is 10.3. The van der Waals surface area contributed by atoms with Crippen LogP contribution < -0.4 is 10.1 Å². The maximum absolute atomic E-state index is 6.05. The van der Waals surface area contributed by atoms with Crippen LogP contribution in [-0.2, 0) is 0 Å². The van der Waals surface area contributed by atoms with Crippen molar-refractivity contribution >= 4 is 17.5 Å². The number of nitrogens with zero attached hydrogens (tertiary/aromatic N) is 2. The first-order valence-electron chi connectivity index (χ1n) is 6.11. The number of ether oxygens (including phenoxy) is 1. The predicted octanol–water partition coefficient (Wildman–Crippen LogP) is 3.97. The number of anilines is 1. The number of benzene rings is 1. The minimum absolute atomic E-state index is 0.359. The summed E-state index contributed by atoms with van der Waals surface area (Å²) in [6.45, 7) is 6.75. The number of hydrogen-bond donors (Lipinski definition) is 1. The maximum atomic E-state index is 6.05. The number of aryl methyl sites for hydroxylation is 2. The van der Waals surface area contributed by atoms with Crippen molar-refractivity contribution in [3.05, 3.63) is 40.5 Å². The zero-order valence-electron chi connectivity index (χ0n) is 11.2. The Balaban J connectivity index is 2.28. The lowest BCUT2D eigenvalue weighted by Crippen LogP contribution is -2.03. The van der Waals surface area contributed by atoms with E-state index < -0.39 is 0 Å². The Labute approximate surface area is 117 Å². The van der Waals surface area contributed by atoms with Gasteiger partial charge in [0.05, 0.1) is 6.20 Å². The van der Waals surface area contributed by atoms with Crippen LogP contribution in [0.4, 0.5) is 5.95 Å². The zero-order valence-corrected chi connectivity index (χ0v) is 12.0. The molecule has 0 aliphatic rings. The molecule has 0 unspecified atom stereocenters. The van der Waals surface area contributed by atoms with Crippen LogP contribution in [0.2, 0.25) is 5.02 Å². The molecule has 0 saturated carbocycles. The molecule has 1 N–H and O–H groups in total. The van der Waals surface area contributed by atoms with E-state index >= 15 is 0 Å². The minimum atomic E-state index is 0.359. The molecule has 2 aromatic rings. The summed E-state index contributed by atoms with van der Waals surface area (Å²) in [6.07, 6.45) is 1.53. The molecule has 0 atom stereocenters. The molecule has 0 aliphatic carbocycles. The van der Waals surface area contributed by atoms with Crippen molar-refractivity contribution in [3.8, 4) is 11.6 Å². The summed E-state index contributed by atoms with van der Waals surface area (Å²) in [6, 6.07) is 5.97. The van der Waals surface area contributed by atoms with E-state index in [9.17, 15) is 0 Å². The molecule has 1 aromatic carbocycles. The molecular weight excluding hydrogens is 262 g/mol. The van der Waals surface area contributed by atoms with Gasteiger partial charge in [-0.2, -0.15) is 4.98 Å². The third-order valence-corrected chi connectivity index (χ3v) is 2.72. The van der Waals surface area contributed by atoms with Gasteiger partial charge in [-0.15, -0.1) is 0 Å². The van der Waals surface area contributed by atoms with Gasteiger partial charge in [0.1, 0.15) is 10.8 Å². The lowest BCUT2D eigenvalue weighted by atomic mass is 10.1. The summed E-state index contributed by atoms with van der Waals surface area (Å²) in [4.78, 5) is 8.31. The van der Waals surface area contributed by atoms with E-state index in [1.165, 1.54) is 6.20 Å². The highest BCUT2D eigenvalue weighted by Gasteiger charge is 2.08. The van der Waals surface area contributed by atoms with Crippen molar-refractivity contribution in [3.63, 3.8) is 0 Å². The average Bonchev–Trinajstić information content (AvgIpc) is 2.32. The first-order chi connectivity index (χ1) is 9.08. The molecule has 1 aromatic heterocycles. The fourth-order valence-electron chi connectivity index (χ4n) is 1.77. The van der Waals surface area contributed by atoms with Gasteiger partial charge in [-0.1, -0.05) is 17.7 Å². The van der Waals surface area contributed by atoms with Gasteiger partial charge in [0.25, 0.3) is 0 Å². The molecule has 19 heavy (non-hydrogen) atoms. The monoisotopic (exact) mass is 277 g/mol. The third kappa shape index (κ3) is 3.58. The van der Waals surface area contributed by atoms with E-state index in [0.717, 1.165) is 23.4 Å². The molecule has 4 nitrogen and oxygen atoms in total. The van der Waals surface area contributed by atoms with Crippen LogP contribution in [0.5, 0.6) is 11.6 Å². The predicted molar refractivity (Wildman–Crippen MR) is 77.2 cm³/mol. The number of rotatable bonds is 4. The summed E-state index contributed by atoms with van der Waals surface area (Å²) < 4.78 is 5.73. The number of aromatic nitrogens is 2. The van der Waals surface area contributed by atoms with Crippen molar-refractivity contribution in [2.24, 2.45) is 0 Å². The Bertz CT molecular complexity index is 567. The molecule has 100 valence electrons. The zero-order chi connectivity index (χ0) is 13.8. The first-order valence-corrected chi connectivity index (χ1v) is 6.49. The quantitative estimate of drug-likeness (QED) is 0.918. The van der Waals surface area contributed by atoms with E-state index in [4.69, 9.17) is 16.3 Å². The summed E-state index contributed by atoms with van der Waals surface area (Å²) in [5.74, 6) is 1.59. The van der Waals surface area contributed by atoms with E-state index in [-0.39, 0.29) is 0 Å². The fraction of sp³-hybridized carbons (Fsp3) is 0.286. The molecule has 5 heteroatoms. The SMILES string of the molecule is CCNc1ncc(Cl)c(Oc2cc(C)cc(C)c2)n1. The Kier molecular flexibility index (Phi) is 4.22. The minimum Gasteiger partial charge on any atom is -0.437 e. The van der Waals surface area contributed by atoms with E-state index in [1.807, 2.05) is 32.9 Å². The highest BCUT2D eigenvalue weighted by atomic mass is 35.5. The standard InChI is InChI=1S/C14H16ClN3O/c1-4-16-14-17-8-12(15)13(18-14)19-11-6-9(2)5-10(3)7-11/h5-8H,4H2,1-3H3,(H,16,17,18). The smallest absolute Gasteiger partial charge is 0.243 e. The largest absolute Gasteiger partial charge is 0.437 e. The molecule has 0 bridgehead atoms. The van der Waals surface area contributed by atoms with Gasteiger partial charge >= 0.3 is 0 Å². The molecule has 0 aliphatic heterocycles. The lowest BCUT2D eigenvalue weighted by Gasteiger charge is -2.09.